The first kappa shape index (κ1) is 18.4. The molecule has 0 radical (unpaired) electrons. The van der Waals surface area contributed by atoms with Crippen molar-refractivity contribution in [3.05, 3.63) is 0 Å². The molecule has 0 spiro atoms. The van der Waals surface area contributed by atoms with E-state index in [1.54, 1.807) is 0 Å². The smallest absolute Gasteiger partial charge is 0.00695 e. The highest BCUT2D eigenvalue weighted by atomic mass is 32.1. The van der Waals surface area contributed by atoms with E-state index in [1.165, 1.54) is 44.9 Å². The molecule has 2 atom stereocenters. The Morgan fingerprint density at radius 1 is 0.529 bits per heavy atom. The Kier molecular flexibility index (Phi) is 15.0. The number of thiol groups is 4. The molecule has 0 rings (SSSR count). The second-order valence-electron chi connectivity index (χ2n) is 4.76. The predicted octanol–water partition coefficient (Wildman–Crippen LogP) is 4.67. The molecule has 0 aliphatic rings. The number of unbranched alkanes of at least 4 members (excludes halogenated alkanes) is 1. The van der Waals surface area contributed by atoms with Crippen molar-refractivity contribution < 1.29 is 0 Å². The normalized spacial score (nSPS) is 14.8. The summed E-state index contributed by atoms with van der Waals surface area (Å²) in [5.74, 6) is 5.62. The van der Waals surface area contributed by atoms with Crippen LogP contribution in [0, 0.1) is 11.8 Å². The second-order valence-corrected chi connectivity index (χ2v) is 6.38. The summed E-state index contributed by atoms with van der Waals surface area (Å²) in [5, 5.41) is 0. The number of hydrogen-bond donors (Lipinski definition) is 4. The van der Waals surface area contributed by atoms with Crippen molar-refractivity contribution in [1.82, 2.24) is 0 Å². The molecule has 2 unspecified atom stereocenters. The molecule has 0 heterocycles. The zero-order chi connectivity index (χ0) is 12.9. The molecule has 0 aliphatic heterocycles. The summed E-state index contributed by atoms with van der Waals surface area (Å²) in [5.41, 5.74) is 0. The fourth-order valence-corrected chi connectivity index (χ4v) is 3.19. The van der Waals surface area contributed by atoms with Crippen LogP contribution in [0.2, 0.25) is 0 Å². The molecule has 0 aromatic heterocycles. The number of hydrogen-bond acceptors (Lipinski definition) is 4. The van der Waals surface area contributed by atoms with Crippen LogP contribution >= 0.6 is 50.5 Å². The van der Waals surface area contributed by atoms with Crippen molar-refractivity contribution in [2.75, 3.05) is 23.0 Å². The second kappa shape index (κ2) is 13.8. The minimum Gasteiger partial charge on any atom is -0.179 e. The molecule has 0 fully saturated rings. The zero-order valence-corrected chi connectivity index (χ0v) is 14.3. The first-order valence-electron chi connectivity index (χ1n) is 6.71. The van der Waals surface area contributed by atoms with Crippen LogP contribution < -0.4 is 0 Å². The van der Waals surface area contributed by atoms with Gasteiger partial charge in [-0.3, -0.25) is 0 Å². The molecule has 0 aliphatic carbocycles. The largest absolute Gasteiger partial charge is 0.179 e. The molecule has 4 heteroatoms. The van der Waals surface area contributed by atoms with E-state index in [1.807, 2.05) is 0 Å². The Morgan fingerprint density at radius 2 is 1.00 bits per heavy atom. The summed E-state index contributed by atoms with van der Waals surface area (Å²) in [6.45, 7) is 0. The van der Waals surface area contributed by atoms with Gasteiger partial charge in [-0.25, -0.2) is 0 Å². The first-order chi connectivity index (χ1) is 8.28. The summed E-state index contributed by atoms with van der Waals surface area (Å²) in [7, 11) is 0. The van der Waals surface area contributed by atoms with Gasteiger partial charge in [-0.05, 0) is 73.4 Å². The summed E-state index contributed by atoms with van der Waals surface area (Å²) < 4.78 is 0. The van der Waals surface area contributed by atoms with Crippen molar-refractivity contribution in [2.24, 2.45) is 11.8 Å². The Bertz CT molecular complexity index is 152. The third kappa shape index (κ3) is 11.0. The molecule has 0 nitrogen and oxygen atoms in total. The predicted molar refractivity (Wildman–Crippen MR) is 94.7 cm³/mol. The Labute approximate surface area is 130 Å². The summed E-state index contributed by atoms with van der Waals surface area (Å²) in [6.07, 6.45) is 8.98. The highest BCUT2D eigenvalue weighted by molar-refractivity contribution is 7.80. The van der Waals surface area contributed by atoms with E-state index >= 15 is 0 Å². The van der Waals surface area contributed by atoms with Crippen molar-refractivity contribution in [3.63, 3.8) is 0 Å². The molecule has 0 amide bonds. The fourth-order valence-electron chi connectivity index (χ4n) is 2.05. The fraction of sp³-hybridized carbons (Fsp3) is 1.00. The van der Waals surface area contributed by atoms with Gasteiger partial charge in [0.1, 0.15) is 0 Å². The molecule has 0 saturated carbocycles. The van der Waals surface area contributed by atoms with Crippen molar-refractivity contribution in [3.8, 4) is 0 Å². The molecule has 0 N–H and O–H groups in total. The van der Waals surface area contributed by atoms with E-state index in [9.17, 15) is 0 Å². The molecule has 0 bridgehead atoms. The molecule has 0 saturated heterocycles. The van der Waals surface area contributed by atoms with E-state index in [0.29, 0.717) is 0 Å². The van der Waals surface area contributed by atoms with Gasteiger partial charge in [0.15, 0.2) is 0 Å². The summed E-state index contributed by atoms with van der Waals surface area (Å²) >= 11 is 17.4. The van der Waals surface area contributed by atoms with E-state index in [4.69, 9.17) is 0 Å². The lowest BCUT2D eigenvalue weighted by Gasteiger charge is -2.18. The van der Waals surface area contributed by atoms with Crippen LogP contribution in [0.4, 0.5) is 0 Å². The average Bonchev–Trinajstić information content (AvgIpc) is 2.36. The highest BCUT2D eigenvalue weighted by Crippen LogP contribution is 2.23. The monoisotopic (exact) mass is 312 g/mol. The third-order valence-corrected chi connectivity index (χ3v) is 4.96. The maximum atomic E-state index is 4.47. The SMILES string of the molecule is SCCCCC(CS)CCC(CS)CCCS. The van der Waals surface area contributed by atoms with E-state index in [2.05, 4.69) is 50.5 Å². The van der Waals surface area contributed by atoms with Gasteiger partial charge < -0.3 is 0 Å². The topological polar surface area (TPSA) is 0 Å². The quantitative estimate of drug-likeness (QED) is 0.292. The van der Waals surface area contributed by atoms with Crippen molar-refractivity contribution >= 4 is 50.5 Å². The lowest BCUT2D eigenvalue weighted by Crippen LogP contribution is -2.09. The average molecular weight is 313 g/mol. The molecular formula is C13H28S4. The van der Waals surface area contributed by atoms with Gasteiger partial charge in [-0.1, -0.05) is 6.42 Å². The first-order valence-corrected chi connectivity index (χ1v) is 9.24. The minimum atomic E-state index is 0.776. The van der Waals surface area contributed by atoms with Gasteiger partial charge in [0.2, 0.25) is 0 Å². The van der Waals surface area contributed by atoms with Crippen LogP contribution in [0.5, 0.6) is 0 Å². The van der Waals surface area contributed by atoms with Crippen LogP contribution in [0.3, 0.4) is 0 Å². The Balaban J connectivity index is 3.69. The van der Waals surface area contributed by atoms with Gasteiger partial charge in [-0.15, -0.1) is 0 Å². The highest BCUT2D eigenvalue weighted by Gasteiger charge is 2.11. The van der Waals surface area contributed by atoms with Crippen LogP contribution in [0.1, 0.15) is 44.9 Å². The Hall–Kier alpha value is 1.40. The van der Waals surface area contributed by atoms with Crippen LogP contribution in [0.15, 0.2) is 0 Å². The lowest BCUT2D eigenvalue weighted by molar-refractivity contribution is 0.398. The van der Waals surface area contributed by atoms with Gasteiger partial charge in [0.25, 0.3) is 0 Å². The maximum absolute atomic E-state index is 4.47. The standard InChI is InChI=1S/C13H28S4/c14-8-2-1-4-12(10-16)6-7-13(11-17)5-3-9-15/h12-17H,1-11H2. The molecular weight excluding hydrogens is 284 g/mol. The lowest BCUT2D eigenvalue weighted by atomic mass is 9.92. The summed E-state index contributed by atoms with van der Waals surface area (Å²) in [4.78, 5) is 0. The van der Waals surface area contributed by atoms with Gasteiger partial charge in [0, 0.05) is 0 Å². The Morgan fingerprint density at radius 3 is 1.41 bits per heavy atom. The number of rotatable bonds is 12. The van der Waals surface area contributed by atoms with Gasteiger partial charge >= 0.3 is 0 Å². The molecule has 17 heavy (non-hydrogen) atoms. The molecule has 0 aromatic carbocycles. The van der Waals surface area contributed by atoms with E-state index < -0.39 is 0 Å². The van der Waals surface area contributed by atoms with Gasteiger partial charge in [0.05, 0.1) is 0 Å². The maximum Gasteiger partial charge on any atom is -0.00695 e. The van der Waals surface area contributed by atoms with Crippen molar-refractivity contribution in [2.45, 2.75) is 44.9 Å². The van der Waals surface area contributed by atoms with Crippen LogP contribution in [0.25, 0.3) is 0 Å². The molecule has 0 aromatic rings. The third-order valence-electron chi connectivity index (χ3n) is 3.29. The van der Waals surface area contributed by atoms with Crippen LogP contribution in [-0.2, 0) is 0 Å². The zero-order valence-electron chi connectivity index (χ0n) is 10.7. The van der Waals surface area contributed by atoms with E-state index in [-0.39, 0.29) is 0 Å². The minimum absolute atomic E-state index is 0.776. The van der Waals surface area contributed by atoms with Crippen LogP contribution in [-0.4, -0.2) is 23.0 Å². The van der Waals surface area contributed by atoms with Gasteiger partial charge in [-0.2, -0.15) is 50.5 Å². The molecule has 104 valence electrons. The van der Waals surface area contributed by atoms with E-state index in [0.717, 1.165) is 34.8 Å². The summed E-state index contributed by atoms with van der Waals surface area (Å²) in [6, 6.07) is 0. The van der Waals surface area contributed by atoms with Crippen molar-refractivity contribution in [1.29, 1.82) is 0 Å².